The van der Waals surface area contributed by atoms with Crippen LogP contribution in [0.15, 0.2) is 54.7 Å². The molecule has 2 aliphatic rings. The van der Waals surface area contributed by atoms with Crippen LogP contribution >= 0.6 is 0 Å². The normalized spacial score (nSPS) is 17.0. The van der Waals surface area contributed by atoms with Gasteiger partial charge in [-0.1, -0.05) is 24.3 Å². The van der Waals surface area contributed by atoms with Crippen LogP contribution in [0.4, 0.5) is 11.4 Å². The molecule has 1 unspecified atom stereocenters. The molecule has 0 spiro atoms. The van der Waals surface area contributed by atoms with Gasteiger partial charge in [-0.25, -0.2) is 4.98 Å². The maximum absolute atomic E-state index is 13.3. The van der Waals surface area contributed by atoms with Crippen LogP contribution in [-0.4, -0.2) is 77.0 Å². The minimum Gasteiger partial charge on any atom is -0.381 e. The number of carbonyl (C=O) groups excluding carboxylic acids is 5. The van der Waals surface area contributed by atoms with Crippen molar-refractivity contribution in [3.05, 3.63) is 88.2 Å². The number of rotatable bonds is 10. The van der Waals surface area contributed by atoms with Gasteiger partial charge in [0.1, 0.15) is 11.7 Å². The molecule has 3 aromatic rings. The predicted octanol–water partition coefficient (Wildman–Crippen LogP) is 2.14. The van der Waals surface area contributed by atoms with Crippen LogP contribution in [0.3, 0.4) is 0 Å². The van der Waals surface area contributed by atoms with E-state index in [1.165, 1.54) is 11.1 Å². The number of carbonyl (C=O) groups is 5. The van der Waals surface area contributed by atoms with Crippen LogP contribution in [0.2, 0.25) is 0 Å². The van der Waals surface area contributed by atoms with Crippen molar-refractivity contribution in [1.82, 2.24) is 20.1 Å². The minimum atomic E-state index is -1.02. The highest BCUT2D eigenvalue weighted by atomic mass is 16.2. The van der Waals surface area contributed by atoms with Crippen LogP contribution in [0.25, 0.3) is 0 Å². The molecule has 45 heavy (non-hydrogen) atoms. The SMILES string of the molecule is Cc1cc(CNc2cccc(C(=O)N(C=O)C3CCC(=O)NC3=O)c2C)ccc1CN1CCN(c2ccc(C(N)=O)nc2)CC1. The summed E-state index contributed by atoms with van der Waals surface area (Å²) in [4.78, 5) is 69.9. The van der Waals surface area contributed by atoms with E-state index in [1.807, 2.05) is 12.1 Å². The fourth-order valence-corrected chi connectivity index (χ4v) is 5.77. The average Bonchev–Trinajstić information content (AvgIpc) is 3.03. The van der Waals surface area contributed by atoms with Gasteiger partial charge in [0.05, 0.1) is 11.9 Å². The number of nitrogens with two attached hydrogens (primary N) is 1. The number of piperazine rings is 1. The van der Waals surface area contributed by atoms with Crippen molar-refractivity contribution in [2.24, 2.45) is 5.73 Å². The molecule has 1 aromatic heterocycles. The van der Waals surface area contributed by atoms with E-state index in [0.29, 0.717) is 24.1 Å². The molecule has 1 atom stereocenters. The first-order valence-electron chi connectivity index (χ1n) is 14.9. The van der Waals surface area contributed by atoms with E-state index < -0.39 is 29.7 Å². The van der Waals surface area contributed by atoms with E-state index in [-0.39, 0.29) is 18.5 Å². The maximum atomic E-state index is 13.3. The largest absolute Gasteiger partial charge is 0.381 e. The smallest absolute Gasteiger partial charge is 0.267 e. The second-order valence-corrected chi connectivity index (χ2v) is 11.4. The first-order valence-corrected chi connectivity index (χ1v) is 14.9. The van der Waals surface area contributed by atoms with Gasteiger partial charge < -0.3 is 16.0 Å². The lowest BCUT2D eigenvalue weighted by molar-refractivity contribution is -0.139. The highest BCUT2D eigenvalue weighted by Gasteiger charge is 2.35. The topological polar surface area (TPSA) is 158 Å². The van der Waals surface area contributed by atoms with Gasteiger partial charge in [0, 0.05) is 56.9 Å². The molecule has 0 bridgehead atoms. The average molecular weight is 612 g/mol. The summed E-state index contributed by atoms with van der Waals surface area (Å²) < 4.78 is 0. The van der Waals surface area contributed by atoms with E-state index >= 15 is 0 Å². The van der Waals surface area contributed by atoms with Crippen LogP contribution in [0, 0.1) is 13.8 Å². The number of pyridine rings is 1. The zero-order valence-corrected chi connectivity index (χ0v) is 25.4. The van der Waals surface area contributed by atoms with Gasteiger partial charge in [-0.15, -0.1) is 0 Å². The number of piperidine rings is 1. The first-order chi connectivity index (χ1) is 21.6. The Morgan fingerprint density at radius 3 is 2.51 bits per heavy atom. The Bertz CT molecular complexity index is 1620. The molecule has 234 valence electrons. The third-order valence-corrected chi connectivity index (χ3v) is 8.48. The van der Waals surface area contributed by atoms with Gasteiger partial charge in [-0.05, 0) is 66.8 Å². The number of aryl methyl sites for hydroxylation is 1. The summed E-state index contributed by atoms with van der Waals surface area (Å²) >= 11 is 0. The number of nitrogens with zero attached hydrogens (tertiary/aromatic N) is 4. The van der Waals surface area contributed by atoms with E-state index in [2.05, 4.69) is 50.5 Å². The van der Waals surface area contributed by atoms with E-state index in [4.69, 9.17) is 5.73 Å². The van der Waals surface area contributed by atoms with Crippen molar-refractivity contribution in [1.29, 1.82) is 0 Å². The summed E-state index contributed by atoms with van der Waals surface area (Å²) in [5.74, 6) is -2.18. The molecule has 2 aromatic carbocycles. The molecule has 2 saturated heterocycles. The highest BCUT2D eigenvalue weighted by molar-refractivity contribution is 6.08. The number of amides is 5. The number of hydrogen-bond donors (Lipinski definition) is 3. The van der Waals surface area contributed by atoms with Gasteiger partial charge in [0.2, 0.25) is 18.2 Å². The molecular formula is C33H37N7O5. The Morgan fingerprint density at radius 1 is 1.09 bits per heavy atom. The molecule has 2 aliphatic heterocycles. The molecule has 2 fully saturated rings. The fourth-order valence-electron chi connectivity index (χ4n) is 5.77. The molecule has 12 heteroatoms. The molecule has 0 aliphatic carbocycles. The lowest BCUT2D eigenvalue weighted by Crippen LogP contribution is -2.53. The zero-order valence-electron chi connectivity index (χ0n) is 25.4. The summed E-state index contributed by atoms with van der Waals surface area (Å²) in [6, 6.07) is 14.2. The van der Waals surface area contributed by atoms with Gasteiger partial charge in [0.25, 0.3) is 11.8 Å². The van der Waals surface area contributed by atoms with Gasteiger partial charge in [0.15, 0.2) is 0 Å². The number of benzene rings is 2. The van der Waals surface area contributed by atoms with Crippen LogP contribution in [-0.2, 0) is 27.5 Å². The second kappa shape index (κ2) is 13.7. The molecule has 5 amide bonds. The number of aromatic nitrogens is 1. The number of hydrogen-bond acceptors (Lipinski definition) is 9. The Balaban J connectivity index is 1.17. The molecule has 4 N–H and O–H groups in total. The Hall–Kier alpha value is -5.10. The number of anilines is 2. The molecule has 12 nitrogen and oxygen atoms in total. The van der Waals surface area contributed by atoms with Crippen molar-refractivity contribution in [3.63, 3.8) is 0 Å². The number of nitrogens with one attached hydrogen (secondary N) is 2. The molecule has 3 heterocycles. The fraction of sp³-hybridized carbons (Fsp3) is 0.333. The van der Waals surface area contributed by atoms with Gasteiger partial charge in [-0.2, -0.15) is 0 Å². The third-order valence-electron chi connectivity index (χ3n) is 8.48. The Labute approximate surface area is 261 Å². The summed E-state index contributed by atoms with van der Waals surface area (Å²) in [7, 11) is 0. The third kappa shape index (κ3) is 7.18. The molecule has 0 saturated carbocycles. The van der Waals surface area contributed by atoms with Crippen molar-refractivity contribution in [3.8, 4) is 0 Å². The second-order valence-electron chi connectivity index (χ2n) is 11.4. The lowest BCUT2D eigenvalue weighted by Gasteiger charge is -2.36. The van der Waals surface area contributed by atoms with Crippen LogP contribution in [0.5, 0.6) is 0 Å². The monoisotopic (exact) mass is 611 g/mol. The summed E-state index contributed by atoms with van der Waals surface area (Å²) in [5.41, 5.74) is 11.8. The Morgan fingerprint density at radius 2 is 1.87 bits per heavy atom. The maximum Gasteiger partial charge on any atom is 0.267 e. The standard InChI is InChI=1S/C33H37N7O5/c1-21-16-23(6-7-24(21)19-38-12-14-39(15-13-38)25-8-9-28(31(34)43)36-18-25)17-35-27-5-3-4-26(22(27)2)33(45)40(20-41)29-10-11-30(42)37-32(29)44/h3-9,16,18,20,29,35H,10-15,17,19H2,1-2H3,(H2,34,43)(H,37,42,44). The highest BCUT2D eigenvalue weighted by Crippen LogP contribution is 2.24. The van der Waals surface area contributed by atoms with Crippen molar-refractivity contribution < 1.29 is 24.0 Å². The summed E-state index contributed by atoms with van der Waals surface area (Å²) in [6.45, 7) is 8.80. The van der Waals surface area contributed by atoms with E-state index in [0.717, 1.165) is 54.6 Å². The molecule has 5 rings (SSSR count). The summed E-state index contributed by atoms with van der Waals surface area (Å²) in [6.07, 6.45) is 2.22. The van der Waals surface area contributed by atoms with E-state index in [1.54, 1.807) is 31.3 Å². The number of primary amides is 1. The first kappa shape index (κ1) is 31.3. The molecular weight excluding hydrogens is 574 g/mol. The quantitative estimate of drug-likeness (QED) is 0.231. The molecule has 0 radical (unpaired) electrons. The zero-order chi connectivity index (χ0) is 32.1. The van der Waals surface area contributed by atoms with Crippen molar-refractivity contribution in [2.45, 2.75) is 45.8 Å². The lowest BCUT2D eigenvalue weighted by atomic mass is 10.0. The van der Waals surface area contributed by atoms with Gasteiger partial charge in [-0.3, -0.25) is 39.1 Å². The predicted molar refractivity (Wildman–Crippen MR) is 168 cm³/mol. The van der Waals surface area contributed by atoms with Crippen molar-refractivity contribution in [2.75, 3.05) is 36.4 Å². The summed E-state index contributed by atoms with van der Waals surface area (Å²) in [5, 5.41) is 5.60. The van der Waals surface area contributed by atoms with E-state index in [9.17, 15) is 24.0 Å². The van der Waals surface area contributed by atoms with Crippen LogP contribution < -0.4 is 21.3 Å². The minimum absolute atomic E-state index is 0.0665. The van der Waals surface area contributed by atoms with Crippen LogP contribution in [0.1, 0.15) is 55.9 Å². The van der Waals surface area contributed by atoms with Crippen molar-refractivity contribution >= 4 is 41.4 Å². The van der Waals surface area contributed by atoms with Gasteiger partial charge >= 0.3 is 0 Å². The Kier molecular flexibility index (Phi) is 9.53. The number of imide groups is 2.